The van der Waals surface area contributed by atoms with Gasteiger partial charge in [-0.15, -0.1) is 0 Å². The number of ether oxygens (including phenoxy) is 2. The number of carbonyl (C=O) groups is 2. The van der Waals surface area contributed by atoms with Gasteiger partial charge in [-0.1, -0.05) is 32.1 Å². The molecule has 1 saturated heterocycles. The van der Waals surface area contributed by atoms with Crippen LogP contribution < -0.4 is 5.73 Å². The van der Waals surface area contributed by atoms with Crippen LogP contribution in [0.25, 0.3) is 0 Å². The Morgan fingerprint density at radius 1 is 1.48 bits per heavy atom. The fourth-order valence-corrected chi connectivity index (χ4v) is 3.18. The first-order chi connectivity index (χ1) is 10.0. The third-order valence-electron chi connectivity index (χ3n) is 4.38. The Bertz CT molecular complexity index is 384. The van der Waals surface area contributed by atoms with Gasteiger partial charge in [0.1, 0.15) is 12.8 Å². The third kappa shape index (κ3) is 3.65. The number of hydrogen-bond donors (Lipinski definition) is 2. The quantitative estimate of drug-likeness (QED) is 0.721. The van der Waals surface area contributed by atoms with Crippen molar-refractivity contribution >= 4 is 12.1 Å². The second-order valence-corrected chi connectivity index (χ2v) is 5.84. The Morgan fingerprint density at radius 3 is 2.76 bits per heavy atom. The number of methoxy groups -OCH3 is 1. The number of cyclic esters (lactones) is 1. The van der Waals surface area contributed by atoms with Crippen molar-refractivity contribution in [2.75, 3.05) is 13.7 Å². The standard InChI is InChI=1S/C14H24N2O5/c1-20-13(18)11-8-21-14(19)16(11)12(17)10(15)7-9-5-3-2-4-6-9/h9-12,17H,2-8,15H2,1H3/t10?,11-,12?/m0/s1. The Hall–Kier alpha value is -1.34. The van der Waals surface area contributed by atoms with E-state index in [-0.39, 0.29) is 6.61 Å². The summed E-state index contributed by atoms with van der Waals surface area (Å²) in [7, 11) is 1.23. The van der Waals surface area contributed by atoms with Gasteiger partial charge in [-0.05, 0) is 12.3 Å². The Morgan fingerprint density at radius 2 is 2.14 bits per heavy atom. The van der Waals surface area contributed by atoms with Crippen molar-refractivity contribution in [3.05, 3.63) is 0 Å². The summed E-state index contributed by atoms with van der Waals surface area (Å²) in [6.45, 7) is -0.112. The minimum atomic E-state index is -1.23. The van der Waals surface area contributed by atoms with E-state index < -0.39 is 30.4 Å². The maximum atomic E-state index is 11.7. The van der Waals surface area contributed by atoms with Gasteiger partial charge in [0.15, 0.2) is 6.04 Å². The monoisotopic (exact) mass is 300 g/mol. The predicted octanol–water partition coefficient (Wildman–Crippen LogP) is 0.596. The van der Waals surface area contributed by atoms with Gasteiger partial charge in [-0.25, -0.2) is 9.59 Å². The van der Waals surface area contributed by atoms with E-state index in [1.807, 2.05) is 0 Å². The van der Waals surface area contributed by atoms with Crippen LogP contribution >= 0.6 is 0 Å². The van der Waals surface area contributed by atoms with Gasteiger partial charge in [-0.2, -0.15) is 0 Å². The second-order valence-electron chi connectivity index (χ2n) is 5.84. The van der Waals surface area contributed by atoms with E-state index in [1.165, 1.54) is 26.4 Å². The molecule has 0 bridgehead atoms. The van der Waals surface area contributed by atoms with E-state index in [9.17, 15) is 14.7 Å². The van der Waals surface area contributed by atoms with E-state index >= 15 is 0 Å². The fourth-order valence-electron chi connectivity index (χ4n) is 3.18. The van der Waals surface area contributed by atoms with Gasteiger partial charge in [0.2, 0.25) is 0 Å². The molecule has 1 amide bonds. The SMILES string of the molecule is COC(=O)[C@@H]1COC(=O)N1C(O)C(N)CC1CCCCC1. The highest BCUT2D eigenvalue weighted by atomic mass is 16.6. The van der Waals surface area contributed by atoms with Gasteiger partial charge in [-0.3, -0.25) is 4.90 Å². The molecule has 1 saturated carbocycles. The van der Waals surface area contributed by atoms with Crippen LogP contribution in [0, 0.1) is 5.92 Å². The molecular weight excluding hydrogens is 276 g/mol. The summed E-state index contributed by atoms with van der Waals surface area (Å²) < 4.78 is 9.46. The zero-order chi connectivity index (χ0) is 15.4. The summed E-state index contributed by atoms with van der Waals surface area (Å²) in [5, 5.41) is 10.3. The number of amides is 1. The van der Waals surface area contributed by atoms with Gasteiger partial charge >= 0.3 is 12.1 Å². The molecule has 2 unspecified atom stereocenters. The van der Waals surface area contributed by atoms with Crippen LogP contribution in [0.2, 0.25) is 0 Å². The predicted molar refractivity (Wildman–Crippen MR) is 74.2 cm³/mol. The number of carbonyl (C=O) groups excluding carboxylic acids is 2. The van der Waals surface area contributed by atoms with Gasteiger partial charge < -0.3 is 20.3 Å². The van der Waals surface area contributed by atoms with Crippen molar-refractivity contribution in [2.45, 2.75) is 56.8 Å². The molecule has 1 heterocycles. The molecule has 7 nitrogen and oxygen atoms in total. The van der Waals surface area contributed by atoms with Crippen LogP contribution in [0.15, 0.2) is 0 Å². The molecule has 7 heteroatoms. The van der Waals surface area contributed by atoms with Gasteiger partial charge in [0.05, 0.1) is 7.11 Å². The first-order valence-corrected chi connectivity index (χ1v) is 7.51. The number of rotatable bonds is 5. The molecule has 2 aliphatic rings. The smallest absolute Gasteiger partial charge is 0.412 e. The van der Waals surface area contributed by atoms with Crippen molar-refractivity contribution in [1.82, 2.24) is 4.90 Å². The third-order valence-corrected chi connectivity index (χ3v) is 4.38. The number of nitrogens with two attached hydrogens (primary N) is 1. The van der Waals surface area contributed by atoms with Crippen LogP contribution in [0.4, 0.5) is 4.79 Å². The zero-order valence-electron chi connectivity index (χ0n) is 12.4. The Balaban J connectivity index is 1.97. The Labute approximate surface area is 124 Å². The molecule has 0 aromatic carbocycles. The first kappa shape index (κ1) is 16.0. The first-order valence-electron chi connectivity index (χ1n) is 7.51. The number of aliphatic hydroxyl groups excluding tert-OH is 1. The minimum Gasteiger partial charge on any atom is -0.467 e. The minimum absolute atomic E-state index is 0.112. The van der Waals surface area contributed by atoms with Crippen molar-refractivity contribution in [2.24, 2.45) is 11.7 Å². The van der Waals surface area contributed by atoms with Gasteiger partial charge in [0.25, 0.3) is 0 Å². The molecule has 3 N–H and O–H groups in total. The van der Waals surface area contributed by atoms with Crippen LogP contribution in [-0.2, 0) is 14.3 Å². The number of aliphatic hydroxyl groups is 1. The molecule has 2 fully saturated rings. The summed E-state index contributed by atoms with van der Waals surface area (Å²) in [6.07, 6.45) is 4.50. The summed E-state index contributed by atoms with van der Waals surface area (Å²) in [5.74, 6) is -0.136. The maximum Gasteiger partial charge on any atom is 0.412 e. The highest BCUT2D eigenvalue weighted by Gasteiger charge is 2.44. The van der Waals surface area contributed by atoms with E-state index in [4.69, 9.17) is 10.5 Å². The molecule has 0 aromatic heterocycles. The lowest BCUT2D eigenvalue weighted by atomic mass is 9.84. The molecule has 21 heavy (non-hydrogen) atoms. The molecule has 0 spiro atoms. The van der Waals surface area contributed by atoms with Crippen LogP contribution in [0.1, 0.15) is 38.5 Å². The summed E-state index contributed by atoms with van der Waals surface area (Å²) in [6, 6.07) is -1.51. The fraction of sp³-hybridized carbons (Fsp3) is 0.857. The maximum absolute atomic E-state index is 11.7. The summed E-state index contributed by atoms with van der Waals surface area (Å²) in [4.78, 5) is 24.4. The Kier molecular flexibility index (Phi) is 5.41. The molecule has 120 valence electrons. The van der Waals surface area contributed by atoms with Gasteiger partial charge in [0, 0.05) is 6.04 Å². The lowest BCUT2D eigenvalue weighted by molar-refractivity contribution is -0.148. The number of nitrogens with zero attached hydrogens (tertiary/aromatic N) is 1. The highest BCUT2D eigenvalue weighted by Crippen LogP contribution is 2.28. The molecule has 1 aliphatic carbocycles. The van der Waals surface area contributed by atoms with Crippen LogP contribution in [-0.4, -0.2) is 54.1 Å². The number of esters is 1. The molecule has 1 aliphatic heterocycles. The highest BCUT2D eigenvalue weighted by molar-refractivity contribution is 5.84. The summed E-state index contributed by atoms with van der Waals surface area (Å²) in [5.41, 5.74) is 6.04. The van der Waals surface area contributed by atoms with E-state index in [2.05, 4.69) is 4.74 Å². The lowest BCUT2D eigenvalue weighted by Gasteiger charge is -2.32. The van der Waals surface area contributed by atoms with Crippen LogP contribution in [0.3, 0.4) is 0 Å². The average Bonchev–Trinajstić information content (AvgIpc) is 2.88. The largest absolute Gasteiger partial charge is 0.467 e. The molecule has 0 radical (unpaired) electrons. The van der Waals surface area contributed by atoms with Crippen LogP contribution in [0.5, 0.6) is 0 Å². The number of hydrogen-bond acceptors (Lipinski definition) is 6. The van der Waals surface area contributed by atoms with E-state index in [0.717, 1.165) is 17.7 Å². The summed E-state index contributed by atoms with van der Waals surface area (Å²) >= 11 is 0. The van der Waals surface area contributed by atoms with Crippen molar-refractivity contribution in [3.8, 4) is 0 Å². The van der Waals surface area contributed by atoms with Crippen molar-refractivity contribution < 1.29 is 24.2 Å². The van der Waals surface area contributed by atoms with Crippen molar-refractivity contribution in [1.29, 1.82) is 0 Å². The molecule has 3 atom stereocenters. The van der Waals surface area contributed by atoms with E-state index in [1.54, 1.807) is 0 Å². The molecule has 0 aromatic rings. The van der Waals surface area contributed by atoms with Crippen molar-refractivity contribution in [3.63, 3.8) is 0 Å². The molecular formula is C14H24N2O5. The normalized spacial score (nSPS) is 26.3. The van der Waals surface area contributed by atoms with E-state index in [0.29, 0.717) is 12.3 Å². The molecule has 2 rings (SSSR count). The average molecular weight is 300 g/mol. The zero-order valence-corrected chi connectivity index (χ0v) is 12.4. The lowest BCUT2D eigenvalue weighted by Crippen LogP contribution is -2.54. The topological polar surface area (TPSA) is 102 Å². The second kappa shape index (κ2) is 7.09.